The number of nitrogens with two attached hydrogens (primary N) is 1. The highest BCUT2D eigenvalue weighted by Crippen LogP contribution is 2.21. The Kier molecular flexibility index (Phi) is 4.06. The molecule has 0 aromatic carbocycles. The maximum absolute atomic E-state index is 11.7. The van der Waals surface area contributed by atoms with Gasteiger partial charge >= 0.3 is 0 Å². The highest BCUT2D eigenvalue weighted by Gasteiger charge is 2.26. The van der Waals surface area contributed by atoms with Gasteiger partial charge in [-0.2, -0.15) is 0 Å². The normalized spacial score (nSPS) is 11.3. The van der Waals surface area contributed by atoms with E-state index in [1.165, 1.54) is 6.07 Å². The molecule has 0 radical (unpaired) electrons. The van der Waals surface area contributed by atoms with E-state index in [0.717, 1.165) is 0 Å². The number of halogens is 2. The van der Waals surface area contributed by atoms with Crippen molar-refractivity contribution in [1.82, 2.24) is 10.3 Å². The Hall–Kier alpha value is -1.20. The fourth-order valence-corrected chi connectivity index (χ4v) is 1.32. The summed E-state index contributed by atoms with van der Waals surface area (Å²) < 4.78 is 0. The van der Waals surface area contributed by atoms with Gasteiger partial charge in [0, 0.05) is 6.54 Å². The summed E-state index contributed by atoms with van der Waals surface area (Å²) in [4.78, 5) is 25.3. The number of aromatic nitrogens is 1. The summed E-state index contributed by atoms with van der Waals surface area (Å²) in [6.07, 6.45) is 0. The van der Waals surface area contributed by atoms with Crippen molar-refractivity contribution in [1.29, 1.82) is 0 Å². The van der Waals surface area contributed by atoms with Gasteiger partial charge in [-0.15, -0.1) is 0 Å². The van der Waals surface area contributed by atoms with Crippen molar-refractivity contribution in [2.24, 2.45) is 11.1 Å². The van der Waals surface area contributed by atoms with Crippen molar-refractivity contribution in [3.05, 3.63) is 21.9 Å². The lowest BCUT2D eigenvalue weighted by atomic mass is 9.93. The number of amides is 2. The molecule has 4 N–H and O–H groups in total. The summed E-state index contributed by atoms with van der Waals surface area (Å²) in [7, 11) is 0. The number of hydrogen-bond donors (Lipinski definition) is 3. The second kappa shape index (κ2) is 4.98. The molecule has 0 spiro atoms. The van der Waals surface area contributed by atoms with E-state index in [0.29, 0.717) is 0 Å². The lowest BCUT2D eigenvalue weighted by molar-refractivity contribution is -0.125. The summed E-state index contributed by atoms with van der Waals surface area (Å²) in [6, 6.07) is 1.41. The van der Waals surface area contributed by atoms with E-state index in [-0.39, 0.29) is 22.4 Å². The zero-order valence-electron chi connectivity index (χ0n) is 9.43. The third-order valence-corrected chi connectivity index (χ3v) is 3.02. The molecule has 0 saturated heterocycles. The molecule has 1 rings (SSSR count). The Bertz CT molecular complexity index is 435. The van der Waals surface area contributed by atoms with Crippen LogP contribution in [0.25, 0.3) is 0 Å². The van der Waals surface area contributed by atoms with Gasteiger partial charge in [0.2, 0.25) is 5.91 Å². The van der Waals surface area contributed by atoms with E-state index in [2.05, 4.69) is 10.3 Å². The summed E-state index contributed by atoms with van der Waals surface area (Å²) >= 11 is 11.4. The number of nitrogens with one attached hydrogen (secondary N) is 2. The molecule has 17 heavy (non-hydrogen) atoms. The first-order valence-electron chi connectivity index (χ1n) is 4.86. The van der Waals surface area contributed by atoms with Crippen molar-refractivity contribution in [2.75, 3.05) is 6.54 Å². The Labute approximate surface area is 109 Å². The van der Waals surface area contributed by atoms with E-state index < -0.39 is 17.2 Å². The molecule has 0 aliphatic heterocycles. The molecule has 1 aromatic heterocycles. The number of primary amides is 1. The van der Waals surface area contributed by atoms with Crippen LogP contribution < -0.4 is 11.1 Å². The lowest BCUT2D eigenvalue weighted by Crippen LogP contribution is -2.42. The second-order valence-electron chi connectivity index (χ2n) is 4.28. The van der Waals surface area contributed by atoms with Gasteiger partial charge in [0.25, 0.3) is 5.91 Å². The molecule has 0 fully saturated rings. The van der Waals surface area contributed by atoms with Crippen LogP contribution >= 0.6 is 23.2 Å². The van der Waals surface area contributed by atoms with E-state index in [4.69, 9.17) is 28.9 Å². The lowest BCUT2D eigenvalue weighted by Gasteiger charge is -2.20. The number of carbonyl (C=O) groups is 2. The minimum Gasteiger partial charge on any atom is -0.369 e. The van der Waals surface area contributed by atoms with Crippen LogP contribution in [-0.4, -0.2) is 23.3 Å². The highest BCUT2D eigenvalue weighted by molar-refractivity contribution is 6.41. The predicted octanol–water partition coefficient (Wildman–Crippen LogP) is 1.56. The number of carbonyl (C=O) groups excluding carboxylic acids is 2. The van der Waals surface area contributed by atoms with Crippen LogP contribution in [0.3, 0.4) is 0 Å². The van der Waals surface area contributed by atoms with Gasteiger partial charge in [0.1, 0.15) is 10.8 Å². The molecule has 7 heteroatoms. The molecular weight excluding hydrogens is 265 g/mol. The molecule has 1 heterocycles. The monoisotopic (exact) mass is 277 g/mol. The first-order chi connectivity index (χ1) is 7.74. The number of hydrogen-bond acceptors (Lipinski definition) is 2. The maximum atomic E-state index is 11.7. The largest absolute Gasteiger partial charge is 0.369 e. The fourth-order valence-electron chi connectivity index (χ4n) is 1.01. The molecule has 5 nitrogen and oxygen atoms in total. The number of H-pyrrole nitrogens is 1. The second-order valence-corrected chi connectivity index (χ2v) is 5.06. The summed E-state index contributed by atoms with van der Waals surface area (Å²) in [6.45, 7) is 3.42. The topological polar surface area (TPSA) is 88.0 Å². The van der Waals surface area contributed by atoms with Gasteiger partial charge in [-0.25, -0.2) is 0 Å². The molecule has 0 aliphatic carbocycles. The minimum absolute atomic E-state index is 0.134. The quantitative estimate of drug-likeness (QED) is 0.780. The molecule has 0 atom stereocenters. The molecule has 1 aromatic rings. The molecule has 0 saturated carbocycles. The molecule has 0 aliphatic rings. The molecule has 94 valence electrons. The van der Waals surface area contributed by atoms with Crippen LogP contribution in [0.5, 0.6) is 0 Å². The van der Waals surface area contributed by atoms with Gasteiger partial charge < -0.3 is 16.0 Å². The van der Waals surface area contributed by atoms with Gasteiger partial charge in [-0.1, -0.05) is 23.2 Å². The zero-order valence-corrected chi connectivity index (χ0v) is 10.9. The van der Waals surface area contributed by atoms with E-state index in [1.807, 2.05) is 0 Å². The zero-order chi connectivity index (χ0) is 13.2. The van der Waals surface area contributed by atoms with Crippen molar-refractivity contribution in [2.45, 2.75) is 13.8 Å². The third kappa shape index (κ3) is 3.38. The standard InChI is InChI=1S/C10H13Cl2N3O2/c1-10(2,9(13)17)4-14-8(16)6-3-5(11)7(12)15-6/h3,15H,4H2,1-2H3,(H2,13,17)(H,14,16). The Morgan fingerprint density at radius 3 is 2.47 bits per heavy atom. The van der Waals surface area contributed by atoms with Crippen molar-refractivity contribution in [3.63, 3.8) is 0 Å². The highest BCUT2D eigenvalue weighted by atomic mass is 35.5. The maximum Gasteiger partial charge on any atom is 0.267 e. The predicted molar refractivity (Wildman–Crippen MR) is 66.1 cm³/mol. The molecule has 0 unspecified atom stereocenters. The van der Waals surface area contributed by atoms with Crippen molar-refractivity contribution >= 4 is 35.0 Å². The van der Waals surface area contributed by atoms with Crippen LogP contribution in [0, 0.1) is 5.41 Å². The Morgan fingerprint density at radius 1 is 1.47 bits per heavy atom. The Balaban J connectivity index is 2.65. The average molecular weight is 278 g/mol. The van der Waals surface area contributed by atoms with E-state index >= 15 is 0 Å². The first-order valence-corrected chi connectivity index (χ1v) is 5.62. The summed E-state index contributed by atoms with van der Waals surface area (Å²) in [5.41, 5.74) is 4.61. The number of aromatic amines is 1. The average Bonchev–Trinajstić information content (AvgIpc) is 2.56. The first kappa shape index (κ1) is 13.9. The summed E-state index contributed by atoms with van der Waals surface area (Å²) in [5, 5.41) is 3.04. The van der Waals surface area contributed by atoms with Crippen LogP contribution in [0.15, 0.2) is 6.07 Å². The fraction of sp³-hybridized carbons (Fsp3) is 0.400. The molecule has 0 bridgehead atoms. The number of rotatable bonds is 4. The van der Waals surface area contributed by atoms with Crippen LogP contribution in [0.2, 0.25) is 10.2 Å². The molecule has 2 amide bonds. The molecular formula is C10H13Cl2N3O2. The smallest absolute Gasteiger partial charge is 0.267 e. The van der Waals surface area contributed by atoms with Crippen LogP contribution in [-0.2, 0) is 4.79 Å². The van der Waals surface area contributed by atoms with Gasteiger partial charge in [0.15, 0.2) is 0 Å². The Morgan fingerprint density at radius 2 is 2.06 bits per heavy atom. The van der Waals surface area contributed by atoms with Crippen molar-refractivity contribution < 1.29 is 9.59 Å². The summed E-state index contributed by atoms with van der Waals surface area (Å²) in [5.74, 6) is -0.881. The van der Waals surface area contributed by atoms with Gasteiger partial charge in [-0.3, -0.25) is 9.59 Å². The SMILES string of the molecule is CC(C)(CNC(=O)c1cc(Cl)c(Cl)[nH]1)C(N)=O. The van der Waals surface area contributed by atoms with Crippen LogP contribution in [0.1, 0.15) is 24.3 Å². The van der Waals surface area contributed by atoms with Gasteiger partial charge in [0.05, 0.1) is 10.4 Å². The van der Waals surface area contributed by atoms with Crippen LogP contribution in [0.4, 0.5) is 0 Å². The minimum atomic E-state index is -0.810. The van der Waals surface area contributed by atoms with Gasteiger partial charge in [-0.05, 0) is 19.9 Å². The van der Waals surface area contributed by atoms with E-state index in [1.54, 1.807) is 13.8 Å². The van der Waals surface area contributed by atoms with Crippen molar-refractivity contribution in [3.8, 4) is 0 Å². The third-order valence-electron chi connectivity index (χ3n) is 2.33. The van der Waals surface area contributed by atoms with E-state index in [9.17, 15) is 9.59 Å².